The molecule has 1 heterocycles. The van der Waals surface area contributed by atoms with Gasteiger partial charge >= 0.3 is 5.97 Å². The molecule has 1 rings (SSSR count). The molecule has 96 valence electrons. The summed E-state index contributed by atoms with van der Waals surface area (Å²) in [5, 5.41) is 0.240. The van der Waals surface area contributed by atoms with Crippen LogP contribution in [0.2, 0.25) is 0 Å². The highest BCUT2D eigenvalue weighted by atomic mass is 32.2. The fraction of sp³-hybridized carbons (Fsp3) is 0.667. The van der Waals surface area contributed by atoms with Crippen LogP contribution >= 0.6 is 11.8 Å². The van der Waals surface area contributed by atoms with Gasteiger partial charge in [-0.15, -0.1) is 0 Å². The number of thioether (sulfide) groups is 1. The maximum absolute atomic E-state index is 11.6. The second kappa shape index (κ2) is 6.69. The summed E-state index contributed by atoms with van der Waals surface area (Å²) in [5.41, 5.74) is 0.860. The number of hydrogen-bond acceptors (Lipinski definition) is 5. The molecule has 5 heteroatoms. The third-order valence-corrected chi connectivity index (χ3v) is 3.28. The van der Waals surface area contributed by atoms with Gasteiger partial charge in [0, 0.05) is 0 Å². The van der Waals surface area contributed by atoms with E-state index < -0.39 is 0 Å². The monoisotopic (exact) mass is 257 g/mol. The number of aromatic nitrogens is 1. The molecule has 0 N–H and O–H groups in total. The van der Waals surface area contributed by atoms with E-state index in [1.165, 1.54) is 11.8 Å². The quantitative estimate of drug-likeness (QED) is 0.445. The number of hydrogen-bond donors (Lipinski definition) is 0. The number of carbonyl (C=O) groups is 1. The molecule has 1 unspecified atom stereocenters. The molecule has 17 heavy (non-hydrogen) atoms. The van der Waals surface area contributed by atoms with Crippen LogP contribution in [0.15, 0.2) is 9.64 Å². The minimum atomic E-state index is -0.288. The van der Waals surface area contributed by atoms with Gasteiger partial charge in [-0.1, -0.05) is 25.1 Å². The molecule has 0 saturated heterocycles. The van der Waals surface area contributed by atoms with Crippen molar-refractivity contribution in [3.63, 3.8) is 0 Å². The van der Waals surface area contributed by atoms with Gasteiger partial charge in [-0.25, -0.2) is 4.98 Å². The Morgan fingerprint density at radius 1 is 1.53 bits per heavy atom. The van der Waals surface area contributed by atoms with Gasteiger partial charge in [0.1, 0.15) is 11.0 Å². The molecular formula is C12H19NO3S. The molecule has 0 amide bonds. The predicted molar refractivity (Wildman–Crippen MR) is 67.2 cm³/mol. The van der Waals surface area contributed by atoms with Crippen LogP contribution in [0.5, 0.6) is 0 Å². The van der Waals surface area contributed by atoms with Crippen molar-refractivity contribution in [2.24, 2.45) is 0 Å². The van der Waals surface area contributed by atoms with Crippen molar-refractivity contribution >= 4 is 17.7 Å². The Labute approximate surface area is 106 Å². The highest BCUT2D eigenvalue weighted by Gasteiger charge is 2.19. The Morgan fingerprint density at radius 3 is 2.76 bits per heavy atom. The molecule has 4 nitrogen and oxygen atoms in total. The number of esters is 1. The third kappa shape index (κ3) is 4.42. The fourth-order valence-electron chi connectivity index (χ4n) is 1.13. The fourth-order valence-corrected chi connectivity index (χ4v) is 1.96. The Hall–Kier alpha value is -0.970. The minimum absolute atomic E-state index is 0.211. The molecular weight excluding hydrogens is 238 g/mol. The maximum Gasteiger partial charge on any atom is 0.319 e. The van der Waals surface area contributed by atoms with Gasteiger partial charge < -0.3 is 9.15 Å². The molecule has 0 radical (unpaired) electrons. The lowest BCUT2D eigenvalue weighted by Crippen LogP contribution is -2.17. The van der Waals surface area contributed by atoms with E-state index in [0.29, 0.717) is 11.8 Å². The van der Waals surface area contributed by atoms with E-state index in [2.05, 4.69) is 11.9 Å². The van der Waals surface area contributed by atoms with Gasteiger partial charge in [-0.2, -0.15) is 0 Å². The zero-order valence-corrected chi connectivity index (χ0v) is 11.6. The van der Waals surface area contributed by atoms with Gasteiger partial charge in [-0.3, -0.25) is 4.79 Å². The number of rotatable bonds is 6. The molecule has 1 aromatic heterocycles. The van der Waals surface area contributed by atoms with E-state index in [0.717, 1.165) is 24.3 Å². The average Bonchev–Trinajstić information content (AvgIpc) is 2.58. The number of nitrogens with zero attached hydrogens (tertiary/aromatic N) is 1. The molecule has 1 aromatic rings. The predicted octanol–water partition coefficient (Wildman–Crippen LogP) is 3.12. The summed E-state index contributed by atoms with van der Waals surface area (Å²) >= 11 is 1.29. The van der Waals surface area contributed by atoms with E-state index in [-0.39, 0.29) is 11.2 Å². The van der Waals surface area contributed by atoms with Gasteiger partial charge in [0.2, 0.25) is 0 Å². The molecule has 0 spiro atoms. The van der Waals surface area contributed by atoms with Crippen molar-refractivity contribution in [3.8, 4) is 0 Å². The van der Waals surface area contributed by atoms with Crippen molar-refractivity contribution in [3.05, 3.63) is 11.5 Å². The first-order chi connectivity index (χ1) is 8.04. The second-order valence-electron chi connectivity index (χ2n) is 3.90. The van der Waals surface area contributed by atoms with Gasteiger partial charge in [0.25, 0.3) is 5.22 Å². The van der Waals surface area contributed by atoms with Crippen molar-refractivity contribution in [1.82, 2.24) is 4.98 Å². The van der Waals surface area contributed by atoms with Gasteiger partial charge in [-0.05, 0) is 27.2 Å². The lowest BCUT2D eigenvalue weighted by Gasteiger charge is -2.08. The van der Waals surface area contributed by atoms with Crippen LogP contribution in [0.25, 0.3) is 0 Å². The van der Waals surface area contributed by atoms with Crippen LogP contribution in [0.1, 0.15) is 38.1 Å². The molecule has 0 aliphatic heterocycles. The van der Waals surface area contributed by atoms with Crippen molar-refractivity contribution in [1.29, 1.82) is 0 Å². The zero-order chi connectivity index (χ0) is 12.8. The van der Waals surface area contributed by atoms with Crippen LogP contribution in [-0.2, 0) is 9.53 Å². The van der Waals surface area contributed by atoms with Crippen molar-refractivity contribution < 1.29 is 13.9 Å². The summed E-state index contributed by atoms with van der Waals surface area (Å²) in [6.07, 6.45) is 1.92. The highest BCUT2D eigenvalue weighted by Crippen LogP contribution is 2.25. The first-order valence-electron chi connectivity index (χ1n) is 5.82. The smallest absolute Gasteiger partial charge is 0.319 e. The molecule has 0 aromatic carbocycles. The third-order valence-electron chi connectivity index (χ3n) is 2.36. The number of oxazole rings is 1. The highest BCUT2D eigenvalue weighted by molar-refractivity contribution is 8.00. The molecule has 0 aliphatic rings. The Bertz CT molecular complexity index is 356. The number of aryl methyl sites for hydroxylation is 2. The van der Waals surface area contributed by atoms with Crippen LogP contribution in [0, 0.1) is 13.8 Å². The normalized spacial score (nSPS) is 12.5. The van der Waals surface area contributed by atoms with E-state index >= 15 is 0 Å². The summed E-state index contributed by atoms with van der Waals surface area (Å²) in [6, 6.07) is 0. The summed E-state index contributed by atoms with van der Waals surface area (Å²) in [5.74, 6) is 0.580. The Kier molecular flexibility index (Phi) is 5.55. The average molecular weight is 257 g/mol. The van der Waals surface area contributed by atoms with E-state index in [4.69, 9.17) is 9.15 Å². The molecule has 1 atom stereocenters. The Morgan fingerprint density at radius 2 is 2.24 bits per heavy atom. The van der Waals surface area contributed by atoms with E-state index in [1.54, 1.807) is 6.92 Å². The minimum Gasteiger partial charge on any atom is -0.465 e. The van der Waals surface area contributed by atoms with Crippen molar-refractivity contribution in [2.45, 2.75) is 51.0 Å². The maximum atomic E-state index is 11.6. The molecule has 0 bridgehead atoms. The Balaban J connectivity index is 2.42. The lowest BCUT2D eigenvalue weighted by molar-refractivity contribution is -0.142. The summed E-state index contributed by atoms with van der Waals surface area (Å²) in [4.78, 5) is 15.8. The van der Waals surface area contributed by atoms with Gasteiger partial charge in [0.05, 0.1) is 12.3 Å². The summed E-state index contributed by atoms with van der Waals surface area (Å²) in [7, 11) is 0. The standard InChI is InChI=1S/C12H19NO3S/c1-5-6-7-15-11(14)10(4)17-12-13-8(2)9(3)16-12/h10H,5-7H2,1-4H3. The first-order valence-corrected chi connectivity index (χ1v) is 6.69. The van der Waals surface area contributed by atoms with Crippen LogP contribution in [-0.4, -0.2) is 22.8 Å². The lowest BCUT2D eigenvalue weighted by atomic mass is 10.4. The number of carbonyl (C=O) groups excluding carboxylic acids is 1. The van der Waals surface area contributed by atoms with Crippen LogP contribution in [0.4, 0.5) is 0 Å². The first kappa shape index (κ1) is 14.1. The van der Waals surface area contributed by atoms with E-state index in [1.807, 2.05) is 13.8 Å². The summed E-state index contributed by atoms with van der Waals surface area (Å²) in [6.45, 7) is 8.09. The van der Waals surface area contributed by atoms with E-state index in [9.17, 15) is 4.79 Å². The molecule has 0 fully saturated rings. The molecule has 0 aliphatic carbocycles. The largest absolute Gasteiger partial charge is 0.465 e. The topological polar surface area (TPSA) is 52.3 Å². The van der Waals surface area contributed by atoms with Crippen molar-refractivity contribution in [2.75, 3.05) is 6.61 Å². The summed E-state index contributed by atoms with van der Waals surface area (Å²) < 4.78 is 10.5. The second-order valence-corrected chi connectivity index (χ2v) is 5.19. The SMILES string of the molecule is CCCCOC(=O)C(C)Sc1nc(C)c(C)o1. The molecule has 0 saturated carbocycles. The van der Waals surface area contributed by atoms with Gasteiger partial charge in [0.15, 0.2) is 0 Å². The zero-order valence-electron chi connectivity index (χ0n) is 10.8. The van der Waals surface area contributed by atoms with Crippen LogP contribution in [0.3, 0.4) is 0 Å². The number of unbranched alkanes of at least 4 members (excludes halogenated alkanes) is 1. The number of ether oxygens (including phenoxy) is 1. The van der Waals surface area contributed by atoms with Crippen LogP contribution < -0.4 is 0 Å².